The van der Waals surface area contributed by atoms with Crippen LogP contribution in [0.4, 0.5) is 0 Å². The number of aromatic nitrogens is 2. The summed E-state index contributed by atoms with van der Waals surface area (Å²) in [4.78, 5) is 137. The molecular weight excluding hydrogens is 985 g/mol. The van der Waals surface area contributed by atoms with Crippen molar-refractivity contribution in [1.82, 2.24) is 46.8 Å². The summed E-state index contributed by atoms with van der Waals surface area (Å²) in [6.45, 7) is -1.04. The predicted molar refractivity (Wildman–Crippen MR) is 273 cm³/mol. The summed E-state index contributed by atoms with van der Waals surface area (Å²) in [7, 11) is 0. The average molecular weight is 1060 g/mol. The van der Waals surface area contributed by atoms with Crippen LogP contribution < -0.4 is 77.8 Å². The van der Waals surface area contributed by atoms with Crippen molar-refractivity contribution in [2.24, 2.45) is 55.9 Å². The summed E-state index contributed by atoms with van der Waals surface area (Å²) >= 11 is 0. The van der Waals surface area contributed by atoms with Gasteiger partial charge in [-0.2, -0.15) is 0 Å². The molecule has 1 aliphatic heterocycles. The number of carbonyl (C=O) groups excluding carboxylic acids is 9. The van der Waals surface area contributed by atoms with Crippen LogP contribution in [-0.4, -0.2) is 196 Å². The first-order chi connectivity index (χ1) is 35.7. The van der Waals surface area contributed by atoms with E-state index in [0.717, 1.165) is 0 Å². The summed E-state index contributed by atoms with van der Waals surface area (Å²) in [6.07, 6.45) is 2.03. The molecule has 2 rings (SSSR count). The number of hydrogen-bond acceptors (Lipinski definition) is 19. The molecule has 31 nitrogen and oxygen atoms in total. The Labute approximate surface area is 433 Å². The largest absolute Gasteiger partial charge is 0.389 e. The number of guanidine groups is 1. The second-order valence-corrected chi connectivity index (χ2v) is 17.6. The first kappa shape index (κ1) is 64.2. The fourth-order valence-electron chi connectivity index (χ4n) is 7.52. The van der Waals surface area contributed by atoms with Gasteiger partial charge in [-0.25, -0.2) is 15.0 Å². The number of aliphatic imine (C=N–C) groups is 2. The second kappa shape index (κ2) is 34.6. The molecule has 420 valence electrons. The monoisotopic (exact) mass is 1060 g/mol. The third-order valence-electron chi connectivity index (χ3n) is 11.7. The number of imidazole rings is 1. The van der Waals surface area contributed by atoms with E-state index in [9.17, 15) is 53.4 Å². The molecule has 2 heterocycles. The van der Waals surface area contributed by atoms with Gasteiger partial charge in [0.2, 0.25) is 29.5 Å². The minimum absolute atomic E-state index is 0.0303. The van der Waals surface area contributed by atoms with Crippen molar-refractivity contribution < 1.29 is 53.4 Å². The number of aromatic amines is 1. The normalized spacial score (nSPS) is 16.5. The number of H-pyrrole nitrogens is 1. The van der Waals surface area contributed by atoms with Crippen LogP contribution in [-0.2, 0) is 49.6 Å². The van der Waals surface area contributed by atoms with Crippen molar-refractivity contribution in [3.05, 3.63) is 18.2 Å². The van der Waals surface area contributed by atoms with E-state index in [-0.39, 0.29) is 94.9 Å². The van der Waals surface area contributed by atoms with E-state index in [4.69, 9.17) is 51.3 Å². The van der Waals surface area contributed by atoms with Gasteiger partial charge in [-0.05, 0) is 90.3 Å². The molecule has 0 aliphatic carbocycles. The molecule has 1 fully saturated rings. The van der Waals surface area contributed by atoms with Gasteiger partial charge in [0.15, 0.2) is 5.96 Å². The van der Waals surface area contributed by atoms with Gasteiger partial charge in [0.1, 0.15) is 41.6 Å². The highest BCUT2D eigenvalue weighted by molar-refractivity contribution is 6.41. The zero-order valence-corrected chi connectivity index (χ0v) is 42.1. The number of nitrogens with zero attached hydrogens (tertiary/aromatic N) is 4. The Kier molecular flexibility index (Phi) is 29.6. The Morgan fingerprint density at radius 2 is 1.35 bits per heavy atom. The third kappa shape index (κ3) is 22.6. The SMILES string of the molecule is N=C(N)NCCC/C(=N\C(=O)[C@H](CCCCN)NC(=O)[C@H](Cc1cnc[nH]1)NC(=O)[C@@H]1CCCN1C(=O)/C(CCCN)=N/C(=O)CNC(=O)[C@@H](NC(=O)[C@@H](NC(=O)[C@@H](N)CCCCN)[C@@H](O)CN)[C@@H](O)CN)C(N)=O. The van der Waals surface area contributed by atoms with Crippen LogP contribution in [0.5, 0.6) is 0 Å². The molecular formula is C44H78N20O11. The number of amides is 9. The minimum Gasteiger partial charge on any atom is -0.389 e. The molecule has 1 aliphatic rings. The number of carbonyl (C=O) groups is 9. The van der Waals surface area contributed by atoms with E-state index in [1.807, 2.05) is 0 Å². The molecule has 31 heteroatoms. The van der Waals surface area contributed by atoms with E-state index in [0.29, 0.717) is 44.3 Å². The Bertz CT molecular complexity index is 2130. The number of aliphatic hydroxyl groups excluding tert-OH is 2. The number of hydrogen-bond donors (Lipinski definition) is 18. The second-order valence-electron chi connectivity index (χ2n) is 17.6. The molecule has 0 unspecified atom stereocenters. The molecule has 0 saturated carbocycles. The first-order valence-electron chi connectivity index (χ1n) is 24.7. The highest BCUT2D eigenvalue weighted by Gasteiger charge is 2.39. The minimum atomic E-state index is -1.84. The van der Waals surface area contributed by atoms with Crippen LogP contribution in [0.25, 0.3) is 0 Å². The molecule has 8 atom stereocenters. The maximum Gasteiger partial charge on any atom is 0.269 e. The van der Waals surface area contributed by atoms with Crippen molar-refractivity contribution in [3.8, 4) is 0 Å². The standard InChI is InChI=1S/C44H78N20O11/c45-13-3-1-8-25(50)37(69)62-35(32(66)20-49)42(74)63-34(31(65)19-48)41(73)56-22-33(67)58-28(10-5-15-47)43(75)64-17-7-12-30(64)40(72)61-29(18-24-21-54-23-57-24)39(71)60-27(9-2-4-14-46)38(70)59-26(36(51)68)11-6-16-55-44(52)53/h21,23,25,27,29-32,34-35,65-66H,1-20,22,45-50H2,(H2,51,68)(H,54,57)(H,56,73)(H,60,71)(H,61,72)(H,62,69)(H,63,74)(H4,52,53,55)/b58-28+,59-26+/t25-,27-,29-,30-,31-,32-,34-,35-/m0/s1. The van der Waals surface area contributed by atoms with Gasteiger partial charge in [0.25, 0.3) is 23.6 Å². The fourth-order valence-corrected chi connectivity index (χ4v) is 7.52. The number of likely N-dealkylation sites (tertiary alicyclic amines) is 1. The van der Waals surface area contributed by atoms with Crippen LogP contribution in [0.1, 0.15) is 82.7 Å². The number of aliphatic hydroxyl groups is 2. The number of unbranched alkanes of at least 4 members (excludes halogenated alkanes) is 2. The lowest BCUT2D eigenvalue weighted by atomic mass is 10.1. The maximum absolute atomic E-state index is 14.2. The van der Waals surface area contributed by atoms with Gasteiger partial charge in [0, 0.05) is 44.5 Å². The quantitative estimate of drug-likeness (QED) is 0.0171. The lowest BCUT2D eigenvalue weighted by molar-refractivity contribution is -0.136. The lowest BCUT2D eigenvalue weighted by Crippen LogP contribution is -2.63. The number of nitrogens with two attached hydrogens (primary N) is 8. The van der Waals surface area contributed by atoms with Crippen molar-refractivity contribution in [1.29, 1.82) is 5.41 Å². The predicted octanol–water partition coefficient (Wildman–Crippen LogP) is -8.35. The van der Waals surface area contributed by atoms with Crippen molar-refractivity contribution in [2.75, 3.05) is 52.4 Å². The molecule has 0 spiro atoms. The Morgan fingerprint density at radius 1 is 0.733 bits per heavy atom. The Morgan fingerprint density at radius 3 is 1.93 bits per heavy atom. The maximum atomic E-state index is 14.2. The zero-order valence-electron chi connectivity index (χ0n) is 42.1. The third-order valence-corrected chi connectivity index (χ3v) is 11.7. The van der Waals surface area contributed by atoms with Gasteiger partial charge in [-0.3, -0.25) is 48.6 Å². The highest BCUT2D eigenvalue weighted by atomic mass is 16.3. The van der Waals surface area contributed by atoms with Crippen LogP contribution in [0, 0.1) is 5.41 Å². The smallest absolute Gasteiger partial charge is 0.269 e. The molecule has 1 aromatic heterocycles. The highest BCUT2D eigenvalue weighted by Crippen LogP contribution is 2.20. The summed E-state index contributed by atoms with van der Waals surface area (Å²) in [6, 6.07) is -8.50. The van der Waals surface area contributed by atoms with Crippen LogP contribution in [0.3, 0.4) is 0 Å². The summed E-state index contributed by atoms with van der Waals surface area (Å²) in [5, 5.41) is 43.0. The number of nitrogens with one attached hydrogen (secondary N) is 8. The first-order valence-corrected chi connectivity index (χ1v) is 24.7. The summed E-state index contributed by atoms with van der Waals surface area (Å²) in [5.41, 5.74) is 44.6. The van der Waals surface area contributed by atoms with Crippen LogP contribution in [0.2, 0.25) is 0 Å². The lowest BCUT2D eigenvalue weighted by Gasteiger charge is -2.28. The van der Waals surface area contributed by atoms with Crippen molar-refractivity contribution in [2.45, 2.75) is 132 Å². The molecule has 1 aromatic rings. The van der Waals surface area contributed by atoms with Gasteiger partial charge < -0.3 is 97.9 Å². The van der Waals surface area contributed by atoms with E-state index in [2.05, 4.69) is 51.9 Å². The number of primary amides is 1. The molecule has 0 bridgehead atoms. The Hall–Kier alpha value is -6.87. The fraction of sp³-hybridized carbons (Fsp3) is 0.659. The number of rotatable bonds is 35. The molecule has 0 aromatic carbocycles. The van der Waals surface area contributed by atoms with E-state index >= 15 is 0 Å². The topological polar surface area (TPSA) is 555 Å². The van der Waals surface area contributed by atoms with Gasteiger partial charge in [0.05, 0.1) is 31.1 Å². The average Bonchev–Trinajstić information content (AvgIpc) is 4.10. The van der Waals surface area contributed by atoms with Crippen LogP contribution >= 0.6 is 0 Å². The molecule has 0 radical (unpaired) electrons. The zero-order chi connectivity index (χ0) is 56.0. The van der Waals surface area contributed by atoms with Gasteiger partial charge >= 0.3 is 0 Å². The molecule has 9 amide bonds. The van der Waals surface area contributed by atoms with Crippen LogP contribution in [0.15, 0.2) is 22.5 Å². The van der Waals surface area contributed by atoms with E-state index in [1.54, 1.807) is 0 Å². The molecule has 75 heavy (non-hydrogen) atoms. The molecule has 26 N–H and O–H groups in total. The van der Waals surface area contributed by atoms with Gasteiger partial charge in [-0.1, -0.05) is 6.42 Å². The summed E-state index contributed by atoms with van der Waals surface area (Å²) in [5.74, 6) is -8.74. The van der Waals surface area contributed by atoms with E-state index in [1.165, 1.54) is 17.4 Å². The molecule has 1 saturated heterocycles. The van der Waals surface area contributed by atoms with E-state index < -0.39 is 121 Å². The van der Waals surface area contributed by atoms with Crippen molar-refractivity contribution in [3.63, 3.8) is 0 Å². The van der Waals surface area contributed by atoms with Crippen molar-refractivity contribution >= 4 is 70.5 Å². The van der Waals surface area contributed by atoms with Gasteiger partial charge in [-0.15, -0.1) is 0 Å². The Balaban J connectivity index is 2.32. The summed E-state index contributed by atoms with van der Waals surface area (Å²) < 4.78 is 0.